The molecule has 1 aromatic heterocycles. The van der Waals surface area contributed by atoms with Gasteiger partial charge in [0, 0.05) is 37.2 Å². The summed E-state index contributed by atoms with van der Waals surface area (Å²) in [6, 6.07) is 6.88. The van der Waals surface area contributed by atoms with Crippen LogP contribution in [0.25, 0.3) is 0 Å². The number of nitrogens with one attached hydrogen (secondary N) is 3. The smallest absolute Gasteiger partial charge is 0.251 e. The lowest BCUT2D eigenvalue weighted by Gasteiger charge is -2.43. The summed E-state index contributed by atoms with van der Waals surface area (Å²) >= 11 is 0. The molecule has 0 saturated carbocycles. The van der Waals surface area contributed by atoms with E-state index >= 15 is 0 Å². The molecule has 8 nitrogen and oxygen atoms in total. The number of carbonyl (C=O) groups excluding carboxylic acids is 2. The van der Waals surface area contributed by atoms with Gasteiger partial charge in [0.15, 0.2) is 0 Å². The van der Waals surface area contributed by atoms with Gasteiger partial charge in [0.1, 0.15) is 5.75 Å². The Bertz CT molecular complexity index is 870. The molecule has 0 bridgehead atoms. The van der Waals surface area contributed by atoms with Gasteiger partial charge in [-0.2, -0.15) is 0 Å². The zero-order chi connectivity index (χ0) is 19.6. The van der Waals surface area contributed by atoms with E-state index in [0.717, 1.165) is 37.3 Å². The molecule has 28 heavy (non-hydrogen) atoms. The Morgan fingerprint density at radius 3 is 2.93 bits per heavy atom. The lowest BCUT2D eigenvalue weighted by Crippen LogP contribution is -2.53. The molecule has 2 amide bonds. The van der Waals surface area contributed by atoms with Crippen LogP contribution in [-0.2, 0) is 16.8 Å². The Kier molecular flexibility index (Phi) is 5.04. The topological polar surface area (TPSA) is 99.4 Å². The molecule has 2 aliphatic rings. The van der Waals surface area contributed by atoms with Crippen molar-refractivity contribution in [2.24, 2.45) is 0 Å². The Hall–Kier alpha value is -2.87. The first-order valence-corrected chi connectivity index (χ1v) is 9.55. The van der Waals surface area contributed by atoms with Gasteiger partial charge >= 0.3 is 0 Å². The molecule has 8 heteroatoms. The number of piperidine rings is 1. The largest absolute Gasteiger partial charge is 0.497 e. The Labute approximate surface area is 163 Å². The van der Waals surface area contributed by atoms with Crippen LogP contribution in [0.2, 0.25) is 0 Å². The molecule has 1 fully saturated rings. The second-order valence-electron chi connectivity index (χ2n) is 7.41. The molecule has 0 atom stereocenters. The van der Waals surface area contributed by atoms with E-state index in [4.69, 9.17) is 4.74 Å². The summed E-state index contributed by atoms with van der Waals surface area (Å²) in [5.41, 5.74) is 2.76. The van der Waals surface area contributed by atoms with Crippen LogP contribution in [0.15, 0.2) is 30.6 Å². The fourth-order valence-corrected chi connectivity index (χ4v) is 4.16. The van der Waals surface area contributed by atoms with Crippen molar-refractivity contribution in [1.82, 2.24) is 25.5 Å². The number of rotatable bonds is 4. The number of nitrogens with zero attached hydrogens (tertiary/aromatic N) is 2. The van der Waals surface area contributed by atoms with Gasteiger partial charge in [0.2, 0.25) is 5.91 Å². The molecule has 1 aromatic carbocycles. The fourth-order valence-electron chi connectivity index (χ4n) is 4.16. The summed E-state index contributed by atoms with van der Waals surface area (Å²) in [4.78, 5) is 34.5. The molecule has 0 aliphatic carbocycles. The van der Waals surface area contributed by atoms with Crippen molar-refractivity contribution in [2.75, 3.05) is 33.3 Å². The van der Waals surface area contributed by atoms with Crippen molar-refractivity contribution in [3.05, 3.63) is 47.5 Å². The number of aromatic nitrogens is 2. The first-order valence-electron chi connectivity index (χ1n) is 9.55. The lowest BCUT2D eigenvalue weighted by molar-refractivity contribution is -0.131. The van der Waals surface area contributed by atoms with E-state index < -0.39 is 0 Å². The summed E-state index contributed by atoms with van der Waals surface area (Å²) in [5, 5.41) is 6.17. The van der Waals surface area contributed by atoms with E-state index in [2.05, 4.69) is 20.6 Å². The number of hydrogen-bond acceptors (Lipinski definition) is 5. The highest BCUT2D eigenvalue weighted by atomic mass is 16.5. The van der Waals surface area contributed by atoms with Crippen LogP contribution in [0.3, 0.4) is 0 Å². The molecule has 2 aromatic rings. The SMILES string of the molecule is COc1cccc(C(=O)NCC(=O)N2CCC3(CC2)CNCc2[nH]cnc23)c1. The third-order valence-electron chi connectivity index (χ3n) is 5.79. The summed E-state index contributed by atoms with van der Waals surface area (Å²) in [6.45, 7) is 3.04. The molecule has 1 saturated heterocycles. The predicted molar refractivity (Wildman–Crippen MR) is 103 cm³/mol. The minimum atomic E-state index is -0.279. The number of hydrogen-bond donors (Lipinski definition) is 3. The van der Waals surface area contributed by atoms with Gasteiger partial charge < -0.3 is 25.3 Å². The maximum Gasteiger partial charge on any atom is 0.251 e. The molecule has 3 heterocycles. The predicted octanol–water partition coefficient (Wildman–Crippen LogP) is 0.812. The number of carbonyl (C=O) groups is 2. The standard InChI is InChI=1S/C20H25N5O3/c1-28-15-4-2-3-14(9-15)19(27)22-11-17(26)25-7-5-20(6-8-25)12-21-10-16-18(20)24-13-23-16/h2-4,9,13,21H,5-8,10-12H2,1H3,(H,22,27)(H,23,24). The zero-order valence-electron chi connectivity index (χ0n) is 16.0. The van der Waals surface area contributed by atoms with Crippen molar-refractivity contribution in [1.29, 1.82) is 0 Å². The number of amides is 2. The number of aromatic amines is 1. The van der Waals surface area contributed by atoms with E-state index in [-0.39, 0.29) is 23.8 Å². The highest BCUT2D eigenvalue weighted by molar-refractivity contribution is 5.96. The van der Waals surface area contributed by atoms with Crippen LogP contribution < -0.4 is 15.4 Å². The van der Waals surface area contributed by atoms with E-state index in [9.17, 15) is 9.59 Å². The molecule has 3 N–H and O–H groups in total. The minimum absolute atomic E-state index is 0.00501. The Balaban J connectivity index is 1.32. The first kappa shape index (κ1) is 18.5. The molecular formula is C20H25N5O3. The van der Waals surface area contributed by atoms with Gasteiger partial charge in [-0.05, 0) is 31.0 Å². The van der Waals surface area contributed by atoms with Gasteiger partial charge in [0.05, 0.1) is 31.4 Å². The molecule has 1 spiro atoms. The van der Waals surface area contributed by atoms with E-state index in [1.54, 1.807) is 37.7 Å². The van der Waals surface area contributed by atoms with Crippen LogP contribution >= 0.6 is 0 Å². The highest BCUT2D eigenvalue weighted by Crippen LogP contribution is 2.37. The summed E-state index contributed by atoms with van der Waals surface area (Å²) in [5.74, 6) is 0.273. The van der Waals surface area contributed by atoms with Crippen LogP contribution in [0.1, 0.15) is 34.6 Å². The number of ether oxygens (including phenoxy) is 1. The van der Waals surface area contributed by atoms with Crippen LogP contribution in [0.4, 0.5) is 0 Å². The van der Waals surface area contributed by atoms with Crippen molar-refractivity contribution in [2.45, 2.75) is 24.8 Å². The average molecular weight is 383 g/mol. The average Bonchev–Trinajstić information content (AvgIpc) is 3.23. The Morgan fingerprint density at radius 2 is 2.14 bits per heavy atom. The van der Waals surface area contributed by atoms with Crippen molar-refractivity contribution < 1.29 is 14.3 Å². The van der Waals surface area contributed by atoms with E-state index in [1.165, 1.54) is 0 Å². The highest BCUT2D eigenvalue weighted by Gasteiger charge is 2.42. The minimum Gasteiger partial charge on any atom is -0.497 e. The van der Waals surface area contributed by atoms with Crippen molar-refractivity contribution in [3.63, 3.8) is 0 Å². The number of fused-ring (bicyclic) bond motifs is 2. The van der Waals surface area contributed by atoms with Gasteiger partial charge in [-0.3, -0.25) is 9.59 Å². The van der Waals surface area contributed by atoms with E-state index in [1.807, 2.05) is 4.90 Å². The maximum atomic E-state index is 12.6. The normalized spacial score (nSPS) is 17.8. The summed E-state index contributed by atoms with van der Waals surface area (Å²) < 4.78 is 5.13. The number of imidazole rings is 1. The molecule has 0 unspecified atom stereocenters. The van der Waals surface area contributed by atoms with Gasteiger partial charge in [0.25, 0.3) is 5.91 Å². The van der Waals surface area contributed by atoms with Crippen LogP contribution in [0.5, 0.6) is 5.75 Å². The molecule has 148 valence electrons. The summed E-state index contributed by atoms with van der Waals surface area (Å²) in [6.07, 6.45) is 3.49. The quantitative estimate of drug-likeness (QED) is 0.726. The van der Waals surface area contributed by atoms with Gasteiger partial charge in [-0.25, -0.2) is 4.98 Å². The zero-order valence-corrected chi connectivity index (χ0v) is 16.0. The summed E-state index contributed by atoms with van der Waals surface area (Å²) in [7, 11) is 1.55. The third-order valence-corrected chi connectivity index (χ3v) is 5.79. The first-order chi connectivity index (χ1) is 13.6. The molecule has 0 radical (unpaired) electrons. The van der Waals surface area contributed by atoms with Crippen LogP contribution in [0, 0.1) is 0 Å². The lowest BCUT2D eigenvalue weighted by atomic mass is 9.73. The fraction of sp³-hybridized carbons (Fsp3) is 0.450. The second-order valence-corrected chi connectivity index (χ2v) is 7.41. The third kappa shape index (κ3) is 3.47. The molecule has 2 aliphatic heterocycles. The number of H-pyrrole nitrogens is 1. The maximum absolute atomic E-state index is 12.6. The molecular weight excluding hydrogens is 358 g/mol. The van der Waals surface area contributed by atoms with Crippen molar-refractivity contribution in [3.8, 4) is 5.75 Å². The second kappa shape index (κ2) is 7.63. The monoisotopic (exact) mass is 383 g/mol. The number of likely N-dealkylation sites (tertiary alicyclic amines) is 1. The number of methoxy groups -OCH3 is 1. The van der Waals surface area contributed by atoms with Crippen LogP contribution in [-0.4, -0.2) is 60.0 Å². The molecule has 4 rings (SSSR count). The van der Waals surface area contributed by atoms with Crippen molar-refractivity contribution >= 4 is 11.8 Å². The Morgan fingerprint density at radius 1 is 1.32 bits per heavy atom. The van der Waals surface area contributed by atoms with Gasteiger partial charge in [-0.15, -0.1) is 0 Å². The van der Waals surface area contributed by atoms with E-state index in [0.29, 0.717) is 24.4 Å². The number of benzene rings is 1. The van der Waals surface area contributed by atoms with Gasteiger partial charge in [-0.1, -0.05) is 6.07 Å².